The number of carbonyl (C=O) groups excluding carboxylic acids is 1. The number of halogens is 3. The molecule has 0 aromatic heterocycles. The van der Waals surface area contributed by atoms with Crippen molar-refractivity contribution >= 4 is 14.2 Å². The molecule has 3 N–H and O–H groups in total. The highest BCUT2D eigenvalue weighted by Crippen LogP contribution is 2.38. The second-order valence-electron chi connectivity index (χ2n) is 9.41. The standard InChI is InChI=1S/C22H37F3N2O4Si/c1-17(31-32(5,6)20(2,3)4)12-14-29-15-13-21(19(28)27-26,22(23,24)25)30-16-18-10-8-7-9-11-18/h7-11,17H,12-16,26H2,1-6H3,(H,27,28)/t17-,21?/m0/s1. The molecule has 0 heterocycles. The molecule has 0 saturated carbocycles. The summed E-state index contributed by atoms with van der Waals surface area (Å²) in [5.41, 5.74) is -1.01. The van der Waals surface area contributed by atoms with Gasteiger partial charge in [0.15, 0.2) is 8.32 Å². The Kier molecular flexibility index (Phi) is 10.4. The van der Waals surface area contributed by atoms with Gasteiger partial charge in [-0.25, -0.2) is 5.84 Å². The first kappa shape index (κ1) is 28.6. The highest BCUT2D eigenvalue weighted by Gasteiger charge is 2.61. The molecular formula is C22H37F3N2O4Si. The van der Waals surface area contributed by atoms with Gasteiger partial charge in [0.25, 0.3) is 5.91 Å². The molecule has 0 spiro atoms. The van der Waals surface area contributed by atoms with Crippen LogP contribution in [-0.4, -0.2) is 45.3 Å². The molecule has 6 nitrogen and oxygen atoms in total. The third-order valence-electron chi connectivity index (χ3n) is 5.85. The van der Waals surface area contributed by atoms with Crippen molar-refractivity contribution in [1.29, 1.82) is 0 Å². The number of benzene rings is 1. The van der Waals surface area contributed by atoms with E-state index in [1.54, 1.807) is 35.8 Å². The molecule has 0 bridgehead atoms. The molecule has 1 amide bonds. The van der Waals surface area contributed by atoms with E-state index in [-0.39, 0.29) is 24.4 Å². The van der Waals surface area contributed by atoms with Gasteiger partial charge in [-0.05, 0) is 37.0 Å². The lowest BCUT2D eigenvalue weighted by molar-refractivity contribution is -0.275. The smallest absolute Gasteiger partial charge is 0.414 e. The summed E-state index contributed by atoms with van der Waals surface area (Å²) in [6, 6.07) is 8.31. The van der Waals surface area contributed by atoms with Gasteiger partial charge < -0.3 is 13.9 Å². The van der Waals surface area contributed by atoms with E-state index in [9.17, 15) is 18.0 Å². The van der Waals surface area contributed by atoms with E-state index < -0.39 is 39.0 Å². The molecule has 2 atom stereocenters. The fourth-order valence-corrected chi connectivity index (χ4v) is 4.28. The summed E-state index contributed by atoms with van der Waals surface area (Å²) in [5.74, 6) is 3.60. The van der Waals surface area contributed by atoms with Crippen LogP contribution in [0, 0.1) is 0 Å². The lowest BCUT2D eigenvalue weighted by atomic mass is 9.97. The van der Waals surface area contributed by atoms with Crippen molar-refractivity contribution in [3.63, 3.8) is 0 Å². The van der Waals surface area contributed by atoms with E-state index in [1.165, 1.54) is 0 Å². The molecule has 184 valence electrons. The van der Waals surface area contributed by atoms with Gasteiger partial charge in [-0.1, -0.05) is 51.1 Å². The van der Waals surface area contributed by atoms with Gasteiger partial charge >= 0.3 is 6.18 Å². The average Bonchev–Trinajstić information content (AvgIpc) is 2.68. The normalized spacial score (nSPS) is 15.8. The van der Waals surface area contributed by atoms with Crippen molar-refractivity contribution in [1.82, 2.24) is 5.43 Å². The molecule has 1 unspecified atom stereocenters. The summed E-state index contributed by atoms with van der Waals surface area (Å²) in [6.45, 7) is 12.1. The number of nitrogens with one attached hydrogen (secondary N) is 1. The minimum Gasteiger partial charge on any atom is -0.414 e. The number of amides is 1. The number of carbonyl (C=O) groups is 1. The van der Waals surface area contributed by atoms with Gasteiger partial charge in [0.1, 0.15) is 0 Å². The zero-order valence-corrected chi connectivity index (χ0v) is 20.8. The molecule has 1 aromatic rings. The van der Waals surface area contributed by atoms with Crippen LogP contribution >= 0.6 is 0 Å². The van der Waals surface area contributed by atoms with E-state index >= 15 is 0 Å². The molecule has 0 aliphatic heterocycles. The predicted octanol–water partition coefficient (Wildman–Crippen LogP) is 4.70. The zero-order chi connectivity index (χ0) is 24.6. The van der Waals surface area contributed by atoms with Gasteiger partial charge in [-0.2, -0.15) is 13.2 Å². The third-order valence-corrected chi connectivity index (χ3v) is 10.5. The van der Waals surface area contributed by atoms with Crippen molar-refractivity contribution in [2.24, 2.45) is 5.84 Å². The fraction of sp³-hybridized carbons (Fsp3) is 0.682. The highest BCUT2D eigenvalue weighted by atomic mass is 28.4. The Morgan fingerprint density at radius 2 is 1.72 bits per heavy atom. The van der Waals surface area contributed by atoms with E-state index in [1.807, 2.05) is 6.92 Å². The Bertz CT molecular complexity index is 711. The summed E-state index contributed by atoms with van der Waals surface area (Å²) in [4.78, 5) is 12.2. The summed E-state index contributed by atoms with van der Waals surface area (Å²) in [7, 11) is -1.95. The molecule has 0 fully saturated rings. The van der Waals surface area contributed by atoms with Gasteiger partial charge in [0.05, 0.1) is 13.2 Å². The van der Waals surface area contributed by atoms with Crippen LogP contribution in [0.2, 0.25) is 18.1 Å². The SMILES string of the molecule is C[C@@H](CCOCCC(OCc1ccccc1)(C(=O)NN)C(F)(F)F)O[Si](C)(C)C(C)(C)C. The first-order valence-corrected chi connectivity index (χ1v) is 13.6. The van der Waals surface area contributed by atoms with Crippen molar-refractivity contribution in [2.45, 2.75) is 83.2 Å². The van der Waals surface area contributed by atoms with Crippen LogP contribution in [0.4, 0.5) is 13.2 Å². The molecule has 10 heteroatoms. The first-order valence-electron chi connectivity index (χ1n) is 10.7. The number of rotatable bonds is 12. The molecule has 0 aliphatic rings. The topological polar surface area (TPSA) is 82.8 Å². The maximum absolute atomic E-state index is 13.9. The zero-order valence-electron chi connectivity index (χ0n) is 19.8. The van der Waals surface area contributed by atoms with Crippen molar-refractivity contribution in [3.8, 4) is 0 Å². The van der Waals surface area contributed by atoms with Crippen molar-refractivity contribution < 1.29 is 31.9 Å². The quantitative estimate of drug-likeness (QED) is 0.150. The van der Waals surface area contributed by atoms with E-state index in [0.29, 0.717) is 12.0 Å². The number of hydrogen-bond donors (Lipinski definition) is 2. The van der Waals surface area contributed by atoms with E-state index in [2.05, 4.69) is 33.9 Å². The van der Waals surface area contributed by atoms with Crippen LogP contribution in [0.25, 0.3) is 0 Å². The van der Waals surface area contributed by atoms with Crippen molar-refractivity contribution in [2.75, 3.05) is 13.2 Å². The summed E-state index contributed by atoms with van der Waals surface area (Å²) in [6.07, 6.45) is -5.26. The monoisotopic (exact) mass is 478 g/mol. The molecule has 1 rings (SSSR count). The number of alkyl halides is 3. The second kappa shape index (κ2) is 11.6. The number of nitrogens with two attached hydrogens (primary N) is 1. The Morgan fingerprint density at radius 1 is 1.12 bits per heavy atom. The Balaban J connectivity index is 2.71. The maximum Gasteiger partial charge on any atom is 0.426 e. The minimum absolute atomic E-state index is 0.0557. The van der Waals surface area contributed by atoms with E-state index in [0.717, 1.165) is 0 Å². The molecule has 0 radical (unpaired) electrons. The Labute approximate surface area is 190 Å². The second-order valence-corrected chi connectivity index (χ2v) is 14.2. The maximum atomic E-state index is 13.9. The van der Waals surface area contributed by atoms with Gasteiger partial charge in [0, 0.05) is 19.1 Å². The van der Waals surface area contributed by atoms with Crippen LogP contribution in [0.5, 0.6) is 0 Å². The average molecular weight is 479 g/mol. The van der Waals surface area contributed by atoms with Crippen LogP contribution in [0.3, 0.4) is 0 Å². The number of hydrazine groups is 1. The van der Waals surface area contributed by atoms with Gasteiger partial charge in [0.2, 0.25) is 5.60 Å². The largest absolute Gasteiger partial charge is 0.426 e. The van der Waals surface area contributed by atoms with E-state index in [4.69, 9.17) is 19.7 Å². The molecular weight excluding hydrogens is 441 g/mol. The van der Waals surface area contributed by atoms with Crippen molar-refractivity contribution in [3.05, 3.63) is 35.9 Å². The third kappa shape index (κ3) is 7.84. The number of hydrogen-bond acceptors (Lipinski definition) is 5. The fourth-order valence-electron chi connectivity index (χ4n) is 2.81. The molecule has 0 saturated heterocycles. The lowest BCUT2D eigenvalue weighted by Crippen LogP contribution is -2.60. The highest BCUT2D eigenvalue weighted by molar-refractivity contribution is 6.74. The lowest BCUT2D eigenvalue weighted by Gasteiger charge is -2.38. The Hall–Kier alpha value is -1.46. The first-order chi connectivity index (χ1) is 14.7. The molecule has 1 aromatic carbocycles. The minimum atomic E-state index is -4.98. The molecule has 0 aliphatic carbocycles. The summed E-state index contributed by atoms with van der Waals surface area (Å²) in [5, 5.41) is 0.0557. The molecule has 32 heavy (non-hydrogen) atoms. The Morgan fingerprint density at radius 3 is 2.22 bits per heavy atom. The summed E-state index contributed by atoms with van der Waals surface area (Å²) >= 11 is 0. The summed E-state index contributed by atoms with van der Waals surface area (Å²) < 4.78 is 58.6. The van der Waals surface area contributed by atoms with Crippen LogP contribution in [-0.2, 0) is 25.3 Å². The predicted molar refractivity (Wildman–Crippen MR) is 120 cm³/mol. The van der Waals surface area contributed by atoms with Gasteiger partial charge in [-0.15, -0.1) is 0 Å². The van der Waals surface area contributed by atoms with Gasteiger partial charge in [-0.3, -0.25) is 10.2 Å². The van der Waals surface area contributed by atoms with Crippen LogP contribution in [0.1, 0.15) is 46.1 Å². The van der Waals surface area contributed by atoms with Crippen LogP contribution in [0.15, 0.2) is 30.3 Å². The van der Waals surface area contributed by atoms with Crippen LogP contribution < -0.4 is 11.3 Å². The number of ether oxygens (including phenoxy) is 2.